The summed E-state index contributed by atoms with van der Waals surface area (Å²) in [5.74, 6) is -0.285. The van der Waals surface area contributed by atoms with E-state index in [0.29, 0.717) is 5.56 Å². The molecule has 3 aliphatic rings. The SMILES string of the molecule is Cl.NC(=O)c1ccc(N2CCCC2)c(NC(=O)C2CC23CCNCC3)c1. The zero-order valence-electron chi connectivity index (χ0n) is 14.9. The molecule has 0 radical (unpaired) electrons. The zero-order chi connectivity index (χ0) is 17.4. The first-order valence-electron chi connectivity index (χ1n) is 9.29. The lowest BCUT2D eigenvalue weighted by Crippen LogP contribution is -2.32. The van der Waals surface area contributed by atoms with E-state index in [0.717, 1.165) is 69.7 Å². The molecule has 0 aromatic heterocycles. The molecule has 1 spiro atoms. The first-order chi connectivity index (χ1) is 12.1. The fraction of sp³-hybridized carbons (Fsp3) is 0.579. The molecule has 2 heterocycles. The van der Waals surface area contributed by atoms with Crippen molar-refractivity contribution in [1.82, 2.24) is 5.32 Å². The van der Waals surface area contributed by atoms with Gasteiger partial charge in [0.25, 0.3) is 0 Å². The summed E-state index contributed by atoms with van der Waals surface area (Å²) in [7, 11) is 0. The highest BCUT2D eigenvalue weighted by Crippen LogP contribution is 2.58. The molecule has 2 saturated heterocycles. The number of amides is 2. The van der Waals surface area contributed by atoms with Gasteiger partial charge in [-0.3, -0.25) is 9.59 Å². The summed E-state index contributed by atoms with van der Waals surface area (Å²) in [5.41, 5.74) is 7.78. The van der Waals surface area contributed by atoms with Gasteiger partial charge < -0.3 is 21.3 Å². The van der Waals surface area contributed by atoms with Crippen LogP contribution in [0.15, 0.2) is 18.2 Å². The Balaban J connectivity index is 0.00000196. The molecule has 1 aromatic rings. The second-order valence-electron chi connectivity index (χ2n) is 7.65. The fourth-order valence-corrected chi connectivity index (χ4v) is 4.44. The molecular formula is C19H27ClN4O2. The average Bonchev–Trinajstić information content (AvgIpc) is 3.05. The molecule has 1 aliphatic carbocycles. The summed E-state index contributed by atoms with van der Waals surface area (Å²) in [6, 6.07) is 5.39. The number of nitrogens with zero attached hydrogens (tertiary/aromatic N) is 1. The molecule has 4 rings (SSSR count). The lowest BCUT2D eigenvalue weighted by molar-refractivity contribution is -0.118. The Labute approximate surface area is 160 Å². The molecule has 1 atom stereocenters. The highest BCUT2D eigenvalue weighted by atomic mass is 35.5. The molecule has 1 saturated carbocycles. The Morgan fingerprint density at radius 3 is 2.54 bits per heavy atom. The van der Waals surface area contributed by atoms with Gasteiger partial charge in [-0.15, -0.1) is 12.4 Å². The first kappa shape index (κ1) is 19.0. The van der Waals surface area contributed by atoms with Gasteiger partial charge in [-0.1, -0.05) is 0 Å². The number of carbonyl (C=O) groups excluding carboxylic acids is 2. The van der Waals surface area contributed by atoms with E-state index in [1.54, 1.807) is 12.1 Å². The molecule has 3 fully saturated rings. The van der Waals surface area contributed by atoms with Crippen molar-refractivity contribution < 1.29 is 9.59 Å². The fourth-order valence-electron chi connectivity index (χ4n) is 4.44. The normalized spacial score (nSPS) is 23.4. The minimum atomic E-state index is -0.468. The van der Waals surface area contributed by atoms with Crippen LogP contribution in [0.1, 0.15) is 42.5 Å². The third-order valence-electron chi connectivity index (χ3n) is 6.09. The Kier molecular flexibility index (Phi) is 5.44. The van der Waals surface area contributed by atoms with Crippen LogP contribution >= 0.6 is 12.4 Å². The summed E-state index contributed by atoms with van der Waals surface area (Å²) in [5, 5.41) is 6.47. The number of halogens is 1. The van der Waals surface area contributed by atoms with Crippen LogP contribution in [-0.4, -0.2) is 38.0 Å². The van der Waals surface area contributed by atoms with E-state index in [2.05, 4.69) is 15.5 Å². The van der Waals surface area contributed by atoms with Crippen molar-refractivity contribution in [3.8, 4) is 0 Å². The molecule has 1 aromatic carbocycles. The van der Waals surface area contributed by atoms with Crippen LogP contribution in [0.3, 0.4) is 0 Å². The Bertz CT molecular complexity index is 697. The monoisotopic (exact) mass is 378 g/mol. The summed E-state index contributed by atoms with van der Waals surface area (Å²) >= 11 is 0. The summed E-state index contributed by atoms with van der Waals surface area (Å²) in [4.78, 5) is 26.7. The minimum Gasteiger partial charge on any atom is -0.370 e. The number of primary amides is 1. The third-order valence-corrected chi connectivity index (χ3v) is 6.09. The summed E-state index contributed by atoms with van der Waals surface area (Å²) < 4.78 is 0. The summed E-state index contributed by atoms with van der Waals surface area (Å²) in [6.45, 7) is 3.97. The van der Waals surface area contributed by atoms with Crippen molar-refractivity contribution in [1.29, 1.82) is 0 Å². The molecule has 7 heteroatoms. The number of nitrogens with one attached hydrogen (secondary N) is 2. The molecule has 0 bridgehead atoms. The predicted molar refractivity (Wildman–Crippen MR) is 105 cm³/mol. The molecule has 26 heavy (non-hydrogen) atoms. The highest BCUT2D eigenvalue weighted by molar-refractivity contribution is 6.01. The molecule has 1 unspecified atom stereocenters. The van der Waals surface area contributed by atoms with E-state index in [1.165, 1.54) is 0 Å². The molecular weight excluding hydrogens is 352 g/mol. The van der Waals surface area contributed by atoms with Gasteiger partial charge in [-0.05, 0) is 68.8 Å². The van der Waals surface area contributed by atoms with Gasteiger partial charge in [-0.25, -0.2) is 0 Å². The van der Waals surface area contributed by atoms with Crippen molar-refractivity contribution in [3.63, 3.8) is 0 Å². The lowest BCUT2D eigenvalue weighted by atomic mass is 9.91. The number of piperidine rings is 1. The van der Waals surface area contributed by atoms with Crippen LogP contribution in [0.4, 0.5) is 11.4 Å². The van der Waals surface area contributed by atoms with Crippen LogP contribution in [0.2, 0.25) is 0 Å². The van der Waals surface area contributed by atoms with Gasteiger partial charge >= 0.3 is 0 Å². The van der Waals surface area contributed by atoms with Crippen LogP contribution in [-0.2, 0) is 4.79 Å². The van der Waals surface area contributed by atoms with Crippen molar-refractivity contribution in [2.75, 3.05) is 36.4 Å². The van der Waals surface area contributed by atoms with E-state index in [4.69, 9.17) is 5.73 Å². The van der Waals surface area contributed by atoms with Gasteiger partial charge in [-0.2, -0.15) is 0 Å². The van der Waals surface area contributed by atoms with Gasteiger partial charge in [0, 0.05) is 24.6 Å². The van der Waals surface area contributed by atoms with Crippen LogP contribution < -0.4 is 21.3 Å². The minimum absolute atomic E-state index is 0. The second-order valence-corrected chi connectivity index (χ2v) is 7.65. The van der Waals surface area contributed by atoms with Crippen molar-refractivity contribution in [3.05, 3.63) is 23.8 Å². The number of rotatable bonds is 4. The van der Waals surface area contributed by atoms with E-state index in [9.17, 15) is 9.59 Å². The number of anilines is 2. The number of nitrogens with two attached hydrogens (primary N) is 1. The number of hydrogen-bond acceptors (Lipinski definition) is 4. The van der Waals surface area contributed by atoms with Crippen molar-refractivity contribution in [2.24, 2.45) is 17.1 Å². The van der Waals surface area contributed by atoms with Gasteiger partial charge in [0.05, 0.1) is 11.4 Å². The van der Waals surface area contributed by atoms with Gasteiger partial charge in [0.1, 0.15) is 0 Å². The van der Waals surface area contributed by atoms with Crippen LogP contribution in [0, 0.1) is 11.3 Å². The molecule has 6 nitrogen and oxygen atoms in total. The third kappa shape index (κ3) is 3.53. The Morgan fingerprint density at radius 2 is 1.88 bits per heavy atom. The van der Waals surface area contributed by atoms with Crippen LogP contribution in [0.5, 0.6) is 0 Å². The van der Waals surface area contributed by atoms with E-state index in [1.807, 2.05) is 6.07 Å². The molecule has 2 amide bonds. The highest BCUT2D eigenvalue weighted by Gasteiger charge is 2.57. The molecule has 4 N–H and O–H groups in total. The van der Waals surface area contributed by atoms with E-state index in [-0.39, 0.29) is 29.6 Å². The zero-order valence-corrected chi connectivity index (χ0v) is 15.7. The quantitative estimate of drug-likeness (QED) is 0.749. The largest absolute Gasteiger partial charge is 0.370 e. The molecule has 142 valence electrons. The maximum Gasteiger partial charge on any atom is 0.248 e. The Morgan fingerprint density at radius 1 is 1.19 bits per heavy atom. The lowest BCUT2D eigenvalue weighted by Gasteiger charge is -2.24. The van der Waals surface area contributed by atoms with Gasteiger partial charge in [0.15, 0.2) is 0 Å². The average molecular weight is 379 g/mol. The smallest absolute Gasteiger partial charge is 0.248 e. The standard InChI is InChI=1S/C19H26N4O2.ClH/c20-17(24)13-3-4-16(23-9-1-2-10-23)15(11-13)22-18(25)14-12-19(14)5-7-21-8-6-19;/h3-4,11,14,21H,1-2,5-10,12H2,(H2,20,24)(H,22,25);1H. The molecule has 2 aliphatic heterocycles. The number of benzene rings is 1. The van der Waals surface area contributed by atoms with Crippen molar-refractivity contribution in [2.45, 2.75) is 32.1 Å². The summed E-state index contributed by atoms with van der Waals surface area (Å²) in [6.07, 6.45) is 5.44. The number of carbonyl (C=O) groups is 2. The first-order valence-corrected chi connectivity index (χ1v) is 9.29. The topological polar surface area (TPSA) is 87.5 Å². The van der Waals surface area contributed by atoms with Crippen molar-refractivity contribution >= 4 is 35.6 Å². The van der Waals surface area contributed by atoms with E-state index >= 15 is 0 Å². The van der Waals surface area contributed by atoms with Gasteiger partial charge in [0.2, 0.25) is 11.8 Å². The second kappa shape index (κ2) is 7.45. The predicted octanol–water partition coefficient (Wildman–Crippen LogP) is 2.14. The maximum absolute atomic E-state index is 12.8. The number of hydrogen-bond donors (Lipinski definition) is 3. The maximum atomic E-state index is 12.8. The van der Waals surface area contributed by atoms with E-state index < -0.39 is 5.91 Å². The van der Waals surface area contributed by atoms with Crippen LogP contribution in [0.25, 0.3) is 0 Å². The Hall–Kier alpha value is -1.79.